The zero-order valence-corrected chi connectivity index (χ0v) is 14.9. The largest absolute Gasteiger partial charge is 0.379 e. The molecule has 0 aliphatic rings. The fourth-order valence-electron chi connectivity index (χ4n) is 1.95. The highest BCUT2D eigenvalue weighted by atomic mass is 32.1. The topological polar surface area (TPSA) is 30.5 Å². The average molecular weight is 314 g/mol. The van der Waals surface area contributed by atoms with E-state index in [9.17, 15) is 0 Å². The zero-order chi connectivity index (χ0) is 15.5. The molecular weight excluding hydrogens is 282 g/mol. The molecule has 0 aliphatic carbocycles. The van der Waals surface area contributed by atoms with Gasteiger partial charge in [0.1, 0.15) is 0 Å². The van der Waals surface area contributed by atoms with Crippen LogP contribution in [0, 0.1) is 12.8 Å². The van der Waals surface area contributed by atoms with Crippen molar-refractivity contribution in [2.45, 2.75) is 53.7 Å². The molecule has 3 nitrogen and oxygen atoms in total. The van der Waals surface area contributed by atoms with Crippen LogP contribution in [0.3, 0.4) is 0 Å². The first-order valence-corrected chi connectivity index (χ1v) is 8.89. The molecule has 0 bridgehead atoms. The van der Waals surface area contributed by atoms with Crippen LogP contribution in [0.1, 0.15) is 48.9 Å². The molecule has 0 amide bonds. The van der Waals surface area contributed by atoms with Crippen LogP contribution in [0.15, 0.2) is 6.07 Å². The van der Waals surface area contributed by atoms with Gasteiger partial charge in [0.15, 0.2) is 0 Å². The van der Waals surface area contributed by atoms with E-state index >= 15 is 0 Å². The van der Waals surface area contributed by atoms with Crippen molar-refractivity contribution < 1.29 is 9.47 Å². The summed E-state index contributed by atoms with van der Waals surface area (Å²) in [6.07, 6.45) is 2.32. The van der Waals surface area contributed by atoms with E-state index in [1.165, 1.54) is 21.7 Å². The van der Waals surface area contributed by atoms with E-state index in [0.717, 1.165) is 26.1 Å². The molecule has 1 aromatic rings. The minimum atomic E-state index is 0.680. The molecule has 0 saturated carbocycles. The quantitative estimate of drug-likeness (QED) is 0.588. The van der Waals surface area contributed by atoms with Crippen molar-refractivity contribution >= 4 is 11.3 Å². The van der Waals surface area contributed by atoms with E-state index < -0.39 is 0 Å². The third-order valence-corrected chi connectivity index (χ3v) is 4.29. The standard InChI is InChI=1S/C17H31NO2S/c1-5-6-7-19-8-9-20-13-16-10-17(21-15(16)4)12-18-11-14(2)3/h10,14,18H,5-9,11-13H2,1-4H3. The Morgan fingerprint density at radius 1 is 1.19 bits per heavy atom. The SMILES string of the molecule is CCCCOCCOCc1cc(CNCC(C)C)sc1C. The van der Waals surface area contributed by atoms with Crippen molar-refractivity contribution in [2.24, 2.45) is 5.92 Å². The highest BCUT2D eigenvalue weighted by Gasteiger charge is 2.06. The lowest BCUT2D eigenvalue weighted by Crippen LogP contribution is -2.18. The van der Waals surface area contributed by atoms with Gasteiger partial charge in [0.25, 0.3) is 0 Å². The van der Waals surface area contributed by atoms with E-state index in [-0.39, 0.29) is 0 Å². The van der Waals surface area contributed by atoms with Gasteiger partial charge in [-0.3, -0.25) is 0 Å². The average Bonchev–Trinajstić information content (AvgIpc) is 2.78. The Kier molecular flexibility index (Phi) is 9.92. The maximum Gasteiger partial charge on any atom is 0.0728 e. The first-order chi connectivity index (χ1) is 10.1. The number of unbranched alkanes of at least 4 members (excludes halogenated alkanes) is 1. The predicted octanol–water partition coefficient (Wildman–Crippen LogP) is 4.14. The van der Waals surface area contributed by atoms with Gasteiger partial charge < -0.3 is 14.8 Å². The summed E-state index contributed by atoms with van der Waals surface area (Å²) < 4.78 is 11.2. The molecule has 0 spiro atoms. The number of rotatable bonds is 12. The van der Waals surface area contributed by atoms with Crippen LogP contribution in [-0.2, 0) is 22.6 Å². The monoisotopic (exact) mass is 313 g/mol. The normalized spacial score (nSPS) is 11.5. The number of aryl methyl sites for hydroxylation is 1. The van der Waals surface area contributed by atoms with E-state index in [4.69, 9.17) is 9.47 Å². The molecule has 0 fully saturated rings. The molecule has 0 aromatic carbocycles. The van der Waals surface area contributed by atoms with Gasteiger partial charge in [0.2, 0.25) is 0 Å². The summed E-state index contributed by atoms with van der Waals surface area (Å²) in [5.41, 5.74) is 1.31. The van der Waals surface area contributed by atoms with Crippen LogP contribution in [0.4, 0.5) is 0 Å². The van der Waals surface area contributed by atoms with Gasteiger partial charge in [-0.05, 0) is 37.4 Å². The Morgan fingerprint density at radius 2 is 1.95 bits per heavy atom. The van der Waals surface area contributed by atoms with Crippen molar-refractivity contribution in [3.8, 4) is 0 Å². The van der Waals surface area contributed by atoms with Crippen LogP contribution in [-0.4, -0.2) is 26.4 Å². The van der Waals surface area contributed by atoms with Crippen molar-refractivity contribution in [2.75, 3.05) is 26.4 Å². The first-order valence-electron chi connectivity index (χ1n) is 8.07. The molecule has 0 aliphatic heterocycles. The lowest BCUT2D eigenvalue weighted by molar-refractivity contribution is 0.0396. The number of ether oxygens (including phenoxy) is 2. The third-order valence-electron chi connectivity index (χ3n) is 3.20. The molecule has 1 rings (SSSR count). The van der Waals surface area contributed by atoms with Crippen LogP contribution < -0.4 is 5.32 Å². The molecule has 0 atom stereocenters. The summed E-state index contributed by atoms with van der Waals surface area (Å²) in [5, 5.41) is 3.49. The van der Waals surface area contributed by atoms with Crippen LogP contribution in [0.5, 0.6) is 0 Å². The second-order valence-electron chi connectivity index (χ2n) is 5.84. The van der Waals surface area contributed by atoms with Gasteiger partial charge in [0.05, 0.1) is 19.8 Å². The highest BCUT2D eigenvalue weighted by molar-refractivity contribution is 7.12. The van der Waals surface area contributed by atoms with Crippen LogP contribution in [0.25, 0.3) is 0 Å². The molecule has 0 radical (unpaired) electrons. The van der Waals surface area contributed by atoms with Gasteiger partial charge in [-0.2, -0.15) is 0 Å². The first kappa shape index (κ1) is 18.6. The second kappa shape index (κ2) is 11.2. The van der Waals surface area contributed by atoms with Crippen LogP contribution in [0.2, 0.25) is 0 Å². The highest BCUT2D eigenvalue weighted by Crippen LogP contribution is 2.22. The lowest BCUT2D eigenvalue weighted by Gasteiger charge is -2.05. The summed E-state index contributed by atoms with van der Waals surface area (Å²) in [5.74, 6) is 0.696. The van der Waals surface area contributed by atoms with Gasteiger partial charge in [-0.1, -0.05) is 27.2 Å². The summed E-state index contributed by atoms with van der Waals surface area (Å²) in [4.78, 5) is 2.76. The fraction of sp³-hybridized carbons (Fsp3) is 0.765. The molecular formula is C17H31NO2S. The zero-order valence-electron chi connectivity index (χ0n) is 14.0. The Morgan fingerprint density at radius 3 is 2.67 bits per heavy atom. The Hall–Kier alpha value is -0.420. The molecule has 21 heavy (non-hydrogen) atoms. The summed E-state index contributed by atoms with van der Waals surface area (Å²) in [7, 11) is 0. The maximum atomic E-state index is 5.70. The summed E-state index contributed by atoms with van der Waals surface area (Å²) in [6.45, 7) is 13.8. The molecule has 1 N–H and O–H groups in total. The molecule has 0 saturated heterocycles. The Balaban J connectivity index is 2.18. The summed E-state index contributed by atoms with van der Waals surface area (Å²) in [6, 6.07) is 2.27. The second-order valence-corrected chi connectivity index (χ2v) is 7.18. The number of hydrogen-bond acceptors (Lipinski definition) is 4. The van der Waals surface area contributed by atoms with Gasteiger partial charge >= 0.3 is 0 Å². The Labute approximate surface area is 134 Å². The molecule has 1 aromatic heterocycles. The minimum Gasteiger partial charge on any atom is -0.379 e. The Bertz CT molecular complexity index is 377. The molecule has 4 heteroatoms. The smallest absolute Gasteiger partial charge is 0.0728 e. The molecule has 122 valence electrons. The van der Waals surface area contributed by atoms with E-state index in [0.29, 0.717) is 25.7 Å². The van der Waals surface area contributed by atoms with Crippen LogP contribution >= 0.6 is 11.3 Å². The van der Waals surface area contributed by atoms with Crippen molar-refractivity contribution in [3.05, 3.63) is 21.4 Å². The number of hydrogen-bond donors (Lipinski definition) is 1. The van der Waals surface area contributed by atoms with E-state index in [2.05, 4.69) is 39.1 Å². The molecule has 1 heterocycles. The van der Waals surface area contributed by atoms with E-state index in [1.807, 2.05) is 11.3 Å². The lowest BCUT2D eigenvalue weighted by atomic mass is 10.2. The molecule has 0 unspecified atom stereocenters. The third kappa shape index (κ3) is 8.57. The number of nitrogens with one attached hydrogen (secondary N) is 1. The minimum absolute atomic E-state index is 0.680. The van der Waals surface area contributed by atoms with Gasteiger partial charge in [-0.15, -0.1) is 11.3 Å². The van der Waals surface area contributed by atoms with E-state index in [1.54, 1.807) is 0 Å². The summed E-state index contributed by atoms with van der Waals surface area (Å²) >= 11 is 1.87. The van der Waals surface area contributed by atoms with Gasteiger partial charge in [0, 0.05) is 22.9 Å². The fourth-order valence-corrected chi connectivity index (χ4v) is 2.97. The van der Waals surface area contributed by atoms with Crippen molar-refractivity contribution in [1.29, 1.82) is 0 Å². The predicted molar refractivity (Wildman–Crippen MR) is 91.0 cm³/mol. The van der Waals surface area contributed by atoms with Crippen molar-refractivity contribution in [3.63, 3.8) is 0 Å². The van der Waals surface area contributed by atoms with Crippen molar-refractivity contribution in [1.82, 2.24) is 5.32 Å². The maximum absolute atomic E-state index is 5.70. The van der Waals surface area contributed by atoms with Gasteiger partial charge in [-0.25, -0.2) is 0 Å². The number of thiophene rings is 1.